The van der Waals surface area contributed by atoms with Crippen molar-refractivity contribution in [1.82, 2.24) is 10.2 Å². The molecule has 2 amide bonds. The Hall–Kier alpha value is -3.71. The molecule has 0 spiro atoms. The fourth-order valence-electron chi connectivity index (χ4n) is 4.81. The van der Waals surface area contributed by atoms with Crippen LogP contribution in [0.15, 0.2) is 72.8 Å². The third-order valence-electron chi connectivity index (χ3n) is 6.90. The second-order valence-corrected chi connectivity index (χ2v) is 10.1. The molecular weight excluding hydrogens is 490 g/mol. The van der Waals surface area contributed by atoms with Gasteiger partial charge in [0, 0.05) is 29.7 Å². The van der Waals surface area contributed by atoms with E-state index in [1.165, 1.54) is 11.6 Å². The van der Waals surface area contributed by atoms with Crippen LogP contribution in [0.2, 0.25) is 5.02 Å². The van der Waals surface area contributed by atoms with Gasteiger partial charge in [0.25, 0.3) is 11.6 Å². The summed E-state index contributed by atoms with van der Waals surface area (Å²) in [6.07, 6.45) is 1.70. The predicted octanol–water partition coefficient (Wildman–Crippen LogP) is 6.08. The number of carbonyl (C=O) groups is 2. The Morgan fingerprint density at radius 3 is 2.32 bits per heavy atom. The highest BCUT2D eigenvalue weighted by Gasteiger charge is 2.32. The molecule has 0 aliphatic carbocycles. The van der Waals surface area contributed by atoms with Gasteiger partial charge in [-0.2, -0.15) is 0 Å². The minimum atomic E-state index is -0.672. The Balaban J connectivity index is 1.45. The molecule has 37 heavy (non-hydrogen) atoms. The molecule has 1 saturated heterocycles. The Bertz CT molecular complexity index is 1280. The lowest BCUT2D eigenvalue weighted by molar-refractivity contribution is -0.384. The van der Waals surface area contributed by atoms with Crippen LogP contribution >= 0.6 is 11.6 Å². The number of nitrogens with zero attached hydrogens (tertiary/aromatic N) is 2. The van der Waals surface area contributed by atoms with E-state index in [9.17, 15) is 19.7 Å². The molecule has 1 N–H and O–H groups in total. The fraction of sp³-hybridized carbons (Fsp3) is 0.310. The smallest absolute Gasteiger partial charge is 0.277 e. The highest BCUT2D eigenvalue weighted by Crippen LogP contribution is 2.31. The number of halogens is 1. The standard InChI is InChI=1S/C29H30ClN3O4/c1-19(2)27(29(35)32-16-14-21(15-17-32)20-10-12-24(30)13-11-20)31-28(34)23-7-5-6-22(18-23)25-8-3-4-9-26(25)33(36)37/h3-13,18-19,21,27H,14-17H2,1-2H3,(H,31,34)/t27-/m1/s1. The van der Waals surface area contributed by atoms with Gasteiger partial charge in [-0.3, -0.25) is 19.7 Å². The number of hydrogen-bond acceptors (Lipinski definition) is 4. The van der Waals surface area contributed by atoms with Crippen LogP contribution in [0.3, 0.4) is 0 Å². The maximum atomic E-state index is 13.4. The van der Waals surface area contributed by atoms with Crippen LogP contribution in [0.25, 0.3) is 11.1 Å². The van der Waals surface area contributed by atoms with Crippen molar-refractivity contribution in [1.29, 1.82) is 0 Å². The zero-order valence-electron chi connectivity index (χ0n) is 20.9. The van der Waals surface area contributed by atoms with Crippen molar-refractivity contribution in [2.24, 2.45) is 5.92 Å². The summed E-state index contributed by atoms with van der Waals surface area (Å²) in [5, 5.41) is 15.1. The van der Waals surface area contributed by atoms with Crippen molar-refractivity contribution in [3.63, 3.8) is 0 Å². The van der Waals surface area contributed by atoms with Gasteiger partial charge in [0.2, 0.25) is 5.91 Å². The van der Waals surface area contributed by atoms with E-state index in [4.69, 9.17) is 11.6 Å². The van der Waals surface area contributed by atoms with Crippen LogP contribution in [0.1, 0.15) is 48.5 Å². The van der Waals surface area contributed by atoms with Gasteiger partial charge in [0.05, 0.1) is 10.5 Å². The third kappa shape index (κ3) is 6.17. The molecule has 0 radical (unpaired) electrons. The number of amides is 2. The summed E-state index contributed by atoms with van der Waals surface area (Å²) in [6, 6.07) is 20.3. The molecular formula is C29H30ClN3O4. The average molecular weight is 520 g/mol. The minimum absolute atomic E-state index is 0.0303. The Morgan fingerprint density at radius 2 is 1.68 bits per heavy atom. The zero-order chi connectivity index (χ0) is 26.5. The molecule has 7 nitrogen and oxygen atoms in total. The summed E-state index contributed by atoms with van der Waals surface area (Å²) in [6.45, 7) is 5.07. The Morgan fingerprint density at radius 1 is 1.00 bits per heavy atom. The fourth-order valence-corrected chi connectivity index (χ4v) is 4.93. The normalized spacial score (nSPS) is 14.9. The van der Waals surface area contributed by atoms with Crippen LogP contribution in [0.4, 0.5) is 5.69 Å². The van der Waals surface area contributed by atoms with E-state index < -0.39 is 11.0 Å². The largest absolute Gasteiger partial charge is 0.341 e. The van der Waals surface area contributed by atoms with Crippen molar-refractivity contribution in [3.05, 3.63) is 99.1 Å². The van der Waals surface area contributed by atoms with E-state index in [0.29, 0.717) is 40.7 Å². The summed E-state index contributed by atoms with van der Waals surface area (Å²) in [5.74, 6) is -0.210. The number of nitro benzene ring substituents is 1. The molecule has 3 aromatic carbocycles. The first kappa shape index (κ1) is 26.4. The zero-order valence-corrected chi connectivity index (χ0v) is 21.6. The molecule has 0 unspecified atom stereocenters. The first-order chi connectivity index (χ1) is 17.7. The quantitative estimate of drug-likeness (QED) is 0.302. The Kier molecular flexibility index (Phi) is 8.24. The minimum Gasteiger partial charge on any atom is -0.341 e. The van der Waals surface area contributed by atoms with E-state index in [0.717, 1.165) is 12.8 Å². The lowest BCUT2D eigenvalue weighted by Gasteiger charge is -2.35. The van der Waals surface area contributed by atoms with Crippen molar-refractivity contribution in [3.8, 4) is 11.1 Å². The second-order valence-electron chi connectivity index (χ2n) is 9.70. The highest BCUT2D eigenvalue weighted by atomic mass is 35.5. The maximum absolute atomic E-state index is 13.4. The van der Waals surface area contributed by atoms with Crippen LogP contribution in [-0.2, 0) is 4.79 Å². The summed E-state index contributed by atoms with van der Waals surface area (Å²) in [5.41, 5.74) is 2.54. The number of rotatable bonds is 7. The van der Waals surface area contributed by atoms with Crippen LogP contribution in [0.5, 0.6) is 0 Å². The first-order valence-electron chi connectivity index (χ1n) is 12.4. The van der Waals surface area contributed by atoms with E-state index in [-0.39, 0.29) is 23.4 Å². The molecule has 8 heteroatoms. The van der Waals surface area contributed by atoms with Gasteiger partial charge < -0.3 is 10.2 Å². The lowest BCUT2D eigenvalue weighted by atomic mass is 9.89. The summed E-state index contributed by atoms with van der Waals surface area (Å²) in [4.78, 5) is 39.5. The van der Waals surface area contributed by atoms with Gasteiger partial charge in [-0.25, -0.2) is 0 Å². The third-order valence-corrected chi connectivity index (χ3v) is 7.16. The molecule has 1 aliphatic heterocycles. The average Bonchev–Trinajstić information content (AvgIpc) is 2.91. The summed E-state index contributed by atoms with van der Waals surface area (Å²) >= 11 is 6.01. The molecule has 1 fully saturated rings. The van der Waals surface area contributed by atoms with Crippen LogP contribution in [-0.4, -0.2) is 40.8 Å². The van der Waals surface area contributed by atoms with Crippen molar-refractivity contribution in [2.75, 3.05) is 13.1 Å². The number of piperidine rings is 1. The van der Waals surface area contributed by atoms with Crippen molar-refractivity contribution < 1.29 is 14.5 Å². The van der Waals surface area contributed by atoms with E-state index >= 15 is 0 Å². The monoisotopic (exact) mass is 519 g/mol. The van der Waals surface area contributed by atoms with Crippen LogP contribution in [0, 0.1) is 16.0 Å². The molecule has 0 aromatic heterocycles. The van der Waals surface area contributed by atoms with Crippen molar-refractivity contribution in [2.45, 2.75) is 38.6 Å². The molecule has 192 valence electrons. The van der Waals surface area contributed by atoms with Crippen molar-refractivity contribution >= 4 is 29.1 Å². The maximum Gasteiger partial charge on any atom is 0.277 e. The summed E-state index contributed by atoms with van der Waals surface area (Å²) in [7, 11) is 0. The highest BCUT2D eigenvalue weighted by molar-refractivity contribution is 6.30. The van der Waals surface area contributed by atoms with Gasteiger partial charge in [-0.05, 0) is 66.1 Å². The van der Waals surface area contributed by atoms with Gasteiger partial charge in [0.15, 0.2) is 0 Å². The van der Waals surface area contributed by atoms with Gasteiger partial charge in [0.1, 0.15) is 6.04 Å². The Labute approximate surface area is 221 Å². The molecule has 0 bridgehead atoms. The first-order valence-corrected chi connectivity index (χ1v) is 12.8. The molecule has 3 aromatic rings. The van der Waals surface area contributed by atoms with E-state index in [1.54, 1.807) is 42.5 Å². The number of hydrogen-bond donors (Lipinski definition) is 1. The number of benzene rings is 3. The van der Waals surface area contributed by atoms with Gasteiger partial charge in [-0.1, -0.05) is 61.8 Å². The van der Waals surface area contributed by atoms with Gasteiger partial charge in [-0.15, -0.1) is 0 Å². The number of para-hydroxylation sites is 1. The topological polar surface area (TPSA) is 92.5 Å². The number of nitrogens with one attached hydrogen (secondary N) is 1. The number of carbonyl (C=O) groups excluding carboxylic acids is 2. The number of likely N-dealkylation sites (tertiary alicyclic amines) is 1. The SMILES string of the molecule is CC(C)[C@@H](NC(=O)c1cccc(-c2ccccc2[N+](=O)[O-])c1)C(=O)N1CCC(c2ccc(Cl)cc2)CC1. The second kappa shape index (κ2) is 11.6. The number of nitro groups is 1. The summed E-state index contributed by atoms with van der Waals surface area (Å²) < 4.78 is 0. The molecule has 1 heterocycles. The van der Waals surface area contributed by atoms with Gasteiger partial charge >= 0.3 is 0 Å². The van der Waals surface area contributed by atoms with Crippen LogP contribution < -0.4 is 5.32 Å². The van der Waals surface area contributed by atoms with E-state index in [2.05, 4.69) is 5.32 Å². The van der Waals surface area contributed by atoms with E-state index in [1.807, 2.05) is 43.0 Å². The predicted molar refractivity (Wildman–Crippen MR) is 145 cm³/mol. The molecule has 1 atom stereocenters. The molecule has 0 saturated carbocycles. The molecule has 4 rings (SSSR count). The lowest BCUT2D eigenvalue weighted by Crippen LogP contribution is -2.52. The molecule has 1 aliphatic rings.